The van der Waals surface area contributed by atoms with Crippen molar-refractivity contribution >= 4 is 11.0 Å². The second-order valence-electron chi connectivity index (χ2n) is 4.33. The number of hydrogen-bond donors (Lipinski definition) is 2. The van der Waals surface area contributed by atoms with E-state index in [1.807, 2.05) is 24.4 Å². The number of aromatic nitrogens is 2. The Balaban J connectivity index is 1.73. The molecule has 3 heterocycles. The molecule has 1 atom stereocenters. The van der Waals surface area contributed by atoms with Gasteiger partial charge in [-0.05, 0) is 36.8 Å². The van der Waals surface area contributed by atoms with Gasteiger partial charge in [-0.3, -0.25) is 0 Å². The first-order valence-electron chi connectivity index (χ1n) is 6.02. The molecule has 2 N–H and O–H groups in total. The predicted octanol–water partition coefficient (Wildman–Crippen LogP) is 3.01. The summed E-state index contributed by atoms with van der Waals surface area (Å²) in [5.74, 6) is 0.952. The molecule has 18 heavy (non-hydrogen) atoms. The lowest BCUT2D eigenvalue weighted by atomic mass is 10.2. The van der Waals surface area contributed by atoms with Gasteiger partial charge in [0.05, 0.1) is 12.3 Å². The van der Waals surface area contributed by atoms with Crippen LogP contribution in [-0.2, 0) is 6.54 Å². The fraction of sp³-hybridized carbons (Fsp3) is 0.214. The Labute approximate surface area is 105 Å². The number of furan rings is 1. The summed E-state index contributed by atoms with van der Waals surface area (Å²) in [6.45, 7) is 2.87. The second kappa shape index (κ2) is 4.66. The fourth-order valence-electron chi connectivity index (χ4n) is 2.06. The molecule has 0 saturated carbocycles. The van der Waals surface area contributed by atoms with Crippen molar-refractivity contribution in [3.63, 3.8) is 0 Å². The maximum Gasteiger partial charge on any atom is 0.137 e. The first kappa shape index (κ1) is 11.0. The summed E-state index contributed by atoms with van der Waals surface area (Å²) in [6.07, 6.45) is 5.49. The monoisotopic (exact) mass is 241 g/mol. The molecule has 0 spiro atoms. The van der Waals surface area contributed by atoms with Crippen LogP contribution in [0.5, 0.6) is 0 Å². The molecule has 3 rings (SSSR count). The Morgan fingerprint density at radius 3 is 3.17 bits per heavy atom. The summed E-state index contributed by atoms with van der Waals surface area (Å²) in [5, 5.41) is 4.60. The van der Waals surface area contributed by atoms with Gasteiger partial charge in [-0.25, -0.2) is 4.98 Å². The molecule has 3 aromatic heterocycles. The van der Waals surface area contributed by atoms with Crippen LogP contribution in [0.15, 0.2) is 47.3 Å². The highest BCUT2D eigenvalue weighted by atomic mass is 16.3. The topological polar surface area (TPSA) is 53.9 Å². The predicted molar refractivity (Wildman–Crippen MR) is 70.1 cm³/mol. The highest BCUT2D eigenvalue weighted by Gasteiger charge is 2.09. The van der Waals surface area contributed by atoms with Gasteiger partial charge in [-0.15, -0.1) is 0 Å². The molecule has 0 aromatic carbocycles. The number of nitrogens with zero attached hydrogens (tertiary/aromatic N) is 1. The van der Waals surface area contributed by atoms with Crippen LogP contribution in [0.2, 0.25) is 0 Å². The van der Waals surface area contributed by atoms with E-state index < -0.39 is 0 Å². The molecule has 3 aromatic rings. The quantitative estimate of drug-likeness (QED) is 0.738. The molecule has 0 radical (unpaired) electrons. The highest BCUT2D eigenvalue weighted by molar-refractivity contribution is 5.79. The maximum atomic E-state index is 5.37. The molecule has 4 heteroatoms. The molecule has 0 amide bonds. The van der Waals surface area contributed by atoms with Crippen LogP contribution in [-0.4, -0.2) is 9.97 Å². The third-order valence-electron chi connectivity index (χ3n) is 3.11. The molecular formula is C14H15N3O. The molecule has 0 fully saturated rings. The van der Waals surface area contributed by atoms with Crippen molar-refractivity contribution in [3.05, 3.63) is 54.2 Å². The van der Waals surface area contributed by atoms with E-state index in [2.05, 4.69) is 28.3 Å². The van der Waals surface area contributed by atoms with Crippen LogP contribution in [0.3, 0.4) is 0 Å². The summed E-state index contributed by atoms with van der Waals surface area (Å²) < 4.78 is 5.37. The second-order valence-corrected chi connectivity index (χ2v) is 4.33. The minimum atomic E-state index is 0.196. The van der Waals surface area contributed by atoms with Gasteiger partial charge in [-0.2, -0.15) is 0 Å². The summed E-state index contributed by atoms with van der Waals surface area (Å²) in [6, 6.07) is 8.11. The van der Waals surface area contributed by atoms with Crippen LogP contribution >= 0.6 is 0 Å². The van der Waals surface area contributed by atoms with Crippen molar-refractivity contribution in [2.24, 2.45) is 0 Å². The van der Waals surface area contributed by atoms with E-state index in [4.69, 9.17) is 4.42 Å². The van der Waals surface area contributed by atoms with E-state index in [-0.39, 0.29) is 6.04 Å². The number of nitrogens with one attached hydrogen (secondary N) is 2. The number of H-pyrrole nitrogens is 1. The Hall–Kier alpha value is -2.07. The van der Waals surface area contributed by atoms with E-state index in [0.717, 1.165) is 23.3 Å². The van der Waals surface area contributed by atoms with E-state index in [0.29, 0.717) is 0 Å². The number of fused-ring (bicyclic) bond motifs is 1. The largest absolute Gasteiger partial charge is 0.468 e. The summed E-state index contributed by atoms with van der Waals surface area (Å²) >= 11 is 0. The summed E-state index contributed by atoms with van der Waals surface area (Å²) in [4.78, 5) is 7.45. The molecular weight excluding hydrogens is 226 g/mol. The van der Waals surface area contributed by atoms with Gasteiger partial charge in [0.15, 0.2) is 0 Å². The zero-order chi connectivity index (χ0) is 12.4. The molecule has 0 bridgehead atoms. The Morgan fingerprint density at radius 2 is 2.33 bits per heavy atom. The minimum absolute atomic E-state index is 0.196. The third-order valence-corrected chi connectivity index (χ3v) is 3.11. The highest BCUT2D eigenvalue weighted by Crippen LogP contribution is 2.17. The Morgan fingerprint density at radius 1 is 1.39 bits per heavy atom. The molecule has 4 nitrogen and oxygen atoms in total. The van der Waals surface area contributed by atoms with Crippen LogP contribution in [0.1, 0.15) is 24.3 Å². The Kier molecular flexibility index (Phi) is 2.86. The van der Waals surface area contributed by atoms with Crippen molar-refractivity contribution in [3.8, 4) is 0 Å². The number of pyridine rings is 1. The maximum absolute atomic E-state index is 5.37. The number of rotatable bonds is 4. The van der Waals surface area contributed by atoms with Crippen molar-refractivity contribution in [1.29, 1.82) is 0 Å². The lowest BCUT2D eigenvalue weighted by molar-refractivity contribution is 0.430. The Bertz CT molecular complexity index is 627. The van der Waals surface area contributed by atoms with Crippen LogP contribution in [0.25, 0.3) is 11.0 Å². The summed E-state index contributed by atoms with van der Waals surface area (Å²) in [5.41, 5.74) is 2.15. The zero-order valence-corrected chi connectivity index (χ0v) is 10.2. The standard InChI is InChI=1S/C14H15N3O/c1-10(13-5-3-7-18-13)16-8-11-9-17-14-12(11)4-2-6-15-14/h2-7,9-10,16H,8H2,1H3,(H,15,17)/t10-/m0/s1. The van der Waals surface area contributed by atoms with Crippen molar-refractivity contribution < 1.29 is 4.42 Å². The first-order valence-corrected chi connectivity index (χ1v) is 6.02. The molecule has 92 valence electrons. The minimum Gasteiger partial charge on any atom is -0.468 e. The summed E-state index contributed by atoms with van der Waals surface area (Å²) in [7, 11) is 0. The van der Waals surface area contributed by atoms with E-state index >= 15 is 0 Å². The van der Waals surface area contributed by atoms with Crippen molar-refractivity contribution in [2.75, 3.05) is 0 Å². The SMILES string of the molecule is C[C@H](NCc1c[nH]c2ncccc12)c1ccco1. The van der Waals surface area contributed by atoms with Gasteiger partial charge in [0.1, 0.15) is 11.4 Å². The van der Waals surface area contributed by atoms with Gasteiger partial charge in [0, 0.05) is 24.3 Å². The van der Waals surface area contributed by atoms with Gasteiger partial charge in [0.25, 0.3) is 0 Å². The van der Waals surface area contributed by atoms with Gasteiger partial charge in [-0.1, -0.05) is 0 Å². The lowest BCUT2D eigenvalue weighted by Gasteiger charge is -2.10. The van der Waals surface area contributed by atoms with E-state index in [1.165, 1.54) is 5.56 Å². The van der Waals surface area contributed by atoms with Crippen LogP contribution in [0, 0.1) is 0 Å². The lowest BCUT2D eigenvalue weighted by Crippen LogP contribution is -2.17. The molecule has 0 saturated heterocycles. The van der Waals surface area contributed by atoms with E-state index in [1.54, 1.807) is 12.5 Å². The fourth-order valence-corrected chi connectivity index (χ4v) is 2.06. The molecule has 0 aliphatic heterocycles. The van der Waals surface area contributed by atoms with Gasteiger partial charge < -0.3 is 14.7 Å². The third kappa shape index (κ3) is 2.02. The normalized spacial score (nSPS) is 12.9. The van der Waals surface area contributed by atoms with Crippen molar-refractivity contribution in [1.82, 2.24) is 15.3 Å². The van der Waals surface area contributed by atoms with Crippen molar-refractivity contribution in [2.45, 2.75) is 19.5 Å². The van der Waals surface area contributed by atoms with Crippen LogP contribution in [0.4, 0.5) is 0 Å². The number of hydrogen-bond acceptors (Lipinski definition) is 3. The first-order chi connectivity index (χ1) is 8.84. The smallest absolute Gasteiger partial charge is 0.137 e. The average molecular weight is 241 g/mol. The molecule has 0 aliphatic carbocycles. The zero-order valence-electron chi connectivity index (χ0n) is 10.2. The van der Waals surface area contributed by atoms with Gasteiger partial charge >= 0.3 is 0 Å². The number of aromatic amines is 1. The molecule has 0 unspecified atom stereocenters. The molecule has 0 aliphatic rings. The van der Waals surface area contributed by atoms with Gasteiger partial charge in [0.2, 0.25) is 0 Å². The average Bonchev–Trinajstić information content (AvgIpc) is 3.06. The van der Waals surface area contributed by atoms with Crippen LogP contribution < -0.4 is 5.32 Å². The van der Waals surface area contributed by atoms with E-state index in [9.17, 15) is 0 Å².